The largest absolute Gasteiger partial charge is 0.478 e. The first-order valence-electron chi connectivity index (χ1n) is 9.47. The van der Waals surface area contributed by atoms with Gasteiger partial charge in [0.25, 0.3) is 0 Å². The lowest BCUT2D eigenvalue weighted by molar-refractivity contribution is 0.0697. The molecule has 26 heavy (non-hydrogen) atoms. The van der Waals surface area contributed by atoms with E-state index in [-0.39, 0.29) is 0 Å². The van der Waals surface area contributed by atoms with E-state index in [1.807, 2.05) is 18.2 Å². The Morgan fingerprint density at radius 1 is 1.00 bits per heavy atom. The second-order valence-electron chi connectivity index (χ2n) is 7.41. The molecule has 0 aliphatic carbocycles. The molecule has 4 rings (SSSR count). The second kappa shape index (κ2) is 7.50. The molecule has 136 valence electrons. The summed E-state index contributed by atoms with van der Waals surface area (Å²) < 4.78 is 6.21. The van der Waals surface area contributed by atoms with Gasteiger partial charge < -0.3 is 15.2 Å². The molecule has 2 saturated heterocycles. The summed E-state index contributed by atoms with van der Waals surface area (Å²) in [4.78, 5) is 11.0. The van der Waals surface area contributed by atoms with Crippen molar-refractivity contribution in [1.82, 2.24) is 0 Å². The van der Waals surface area contributed by atoms with Crippen LogP contribution in [0.3, 0.4) is 0 Å². The standard InChI is InChI=1S/C22H25NO3/c24-22(25)16-9-6-15(7-10-16)8-11-18-19(21-13-12-20(18)26-21)14-23-17-4-2-1-3-5-17/h1-7,9-10,18-21,23H,8,11-14H2,(H,24,25)/t18-,19-,20-,21+/m1/s1. The van der Waals surface area contributed by atoms with Crippen LogP contribution in [0, 0.1) is 11.8 Å². The summed E-state index contributed by atoms with van der Waals surface area (Å²) in [5.74, 6) is 0.251. The van der Waals surface area contributed by atoms with Gasteiger partial charge in [0.15, 0.2) is 0 Å². The number of ether oxygens (including phenoxy) is 1. The molecule has 2 heterocycles. The number of rotatable bonds is 7. The number of aromatic carboxylic acids is 1. The summed E-state index contributed by atoms with van der Waals surface area (Å²) in [6.07, 6.45) is 5.19. The van der Waals surface area contributed by atoms with E-state index in [0.29, 0.717) is 29.6 Å². The number of hydrogen-bond donors (Lipinski definition) is 2. The second-order valence-corrected chi connectivity index (χ2v) is 7.41. The SMILES string of the molecule is O=C(O)c1ccc(CC[C@@H]2[C@@H](CNc3ccccc3)[C@@H]3CC[C@H]2O3)cc1. The average Bonchev–Trinajstić information content (AvgIpc) is 3.27. The van der Waals surface area contributed by atoms with Gasteiger partial charge in [-0.15, -0.1) is 0 Å². The van der Waals surface area contributed by atoms with Crippen LogP contribution in [-0.2, 0) is 11.2 Å². The minimum atomic E-state index is -0.870. The molecule has 2 aromatic rings. The topological polar surface area (TPSA) is 58.6 Å². The highest BCUT2D eigenvalue weighted by Gasteiger charge is 2.48. The molecule has 2 aliphatic rings. The Bertz CT molecular complexity index is 744. The Kier molecular flexibility index (Phi) is 4.93. The molecule has 0 saturated carbocycles. The monoisotopic (exact) mass is 351 g/mol. The van der Waals surface area contributed by atoms with Gasteiger partial charge in [-0.25, -0.2) is 4.79 Å². The number of carboxylic acid groups (broad SMARTS) is 1. The lowest BCUT2D eigenvalue weighted by atomic mass is 9.76. The van der Waals surface area contributed by atoms with E-state index in [1.54, 1.807) is 12.1 Å². The van der Waals surface area contributed by atoms with Crippen LogP contribution in [0.1, 0.15) is 35.2 Å². The number of carboxylic acids is 1. The van der Waals surface area contributed by atoms with Gasteiger partial charge in [-0.05, 0) is 61.4 Å². The smallest absolute Gasteiger partial charge is 0.335 e. The quantitative estimate of drug-likeness (QED) is 0.784. The minimum Gasteiger partial charge on any atom is -0.478 e. The number of hydrogen-bond acceptors (Lipinski definition) is 3. The molecule has 2 bridgehead atoms. The lowest BCUT2D eigenvalue weighted by Crippen LogP contribution is -2.33. The van der Waals surface area contributed by atoms with Crippen LogP contribution in [0.2, 0.25) is 0 Å². The zero-order valence-electron chi connectivity index (χ0n) is 14.8. The Morgan fingerprint density at radius 2 is 1.69 bits per heavy atom. The minimum absolute atomic E-state index is 0.349. The molecule has 0 spiro atoms. The number of para-hydroxylation sites is 1. The van der Waals surface area contributed by atoms with Gasteiger partial charge in [-0.3, -0.25) is 0 Å². The van der Waals surface area contributed by atoms with Gasteiger partial charge in [-0.2, -0.15) is 0 Å². The van der Waals surface area contributed by atoms with Gasteiger partial charge in [-0.1, -0.05) is 30.3 Å². The van der Waals surface area contributed by atoms with E-state index in [0.717, 1.165) is 19.4 Å². The highest BCUT2D eigenvalue weighted by Crippen LogP contribution is 2.45. The molecule has 2 fully saturated rings. The van der Waals surface area contributed by atoms with Crippen LogP contribution in [0.5, 0.6) is 0 Å². The highest BCUT2D eigenvalue weighted by atomic mass is 16.5. The lowest BCUT2D eigenvalue weighted by Gasteiger charge is -2.28. The first kappa shape index (κ1) is 17.1. The number of anilines is 1. The maximum Gasteiger partial charge on any atom is 0.335 e. The fourth-order valence-electron chi connectivity index (χ4n) is 4.49. The maximum atomic E-state index is 11.0. The molecule has 4 atom stereocenters. The van der Waals surface area contributed by atoms with Crippen LogP contribution >= 0.6 is 0 Å². The van der Waals surface area contributed by atoms with Gasteiger partial charge in [0.1, 0.15) is 0 Å². The van der Waals surface area contributed by atoms with Gasteiger partial charge in [0, 0.05) is 18.2 Å². The molecule has 4 nitrogen and oxygen atoms in total. The predicted molar refractivity (Wildman–Crippen MR) is 102 cm³/mol. The van der Waals surface area contributed by atoms with E-state index in [2.05, 4.69) is 29.6 Å². The zero-order chi connectivity index (χ0) is 17.9. The van der Waals surface area contributed by atoms with Gasteiger partial charge >= 0.3 is 5.97 Å². The van der Waals surface area contributed by atoms with Crippen LogP contribution in [0.25, 0.3) is 0 Å². The Labute approximate surface area is 154 Å². The van der Waals surface area contributed by atoms with Gasteiger partial charge in [0.05, 0.1) is 17.8 Å². The van der Waals surface area contributed by atoms with Crippen LogP contribution in [0.15, 0.2) is 54.6 Å². The molecular formula is C22H25NO3. The van der Waals surface area contributed by atoms with Crippen molar-refractivity contribution in [1.29, 1.82) is 0 Å². The molecule has 0 amide bonds. The summed E-state index contributed by atoms with van der Waals surface area (Å²) in [6.45, 7) is 0.952. The Balaban J connectivity index is 1.37. The number of carbonyl (C=O) groups is 1. The third kappa shape index (κ3) is 3.61. The van der Waals surface area contributed by atoms with Crippen LogP contribution in [-0.4, -0.2) is 29.8 Å². The summed E-state index contributed by atoms with van der Waals surface area (Å²) in [5.41, 5.74) is 2.72. The molecule has 2 N–H and O–H groups in total. The van der Waals surface area contributed by atoms with Crippen molar-refractivity contribution in [2.24, 2.45) is 11.8 Å². The molecule has 2 aromatic carbocycles. The van der Waals surface area contributed by atoms with E-state index in [4.69, 9.17) is 9.84 Å². The zero-order valence-corrected chi connectivity index (χ0v) is 14.8. The number of nitrogens with one attached hydrogen (secondary N) is 1. The third-order valence-electron chi connectivity index (χ3n) is 5.87. The van der Waals surface area contributed by atoms with E-state index in [9.17, 15) is 4.79 Å². The maximum absolute atomic E-state index is 11.0. The fourth-order valence-corrected chi connectivity index (χ4v) is 4.49. The fraction of sp³-hybridized carbons (Fsp3) is 0.409. The van der Waals surface area contributed by atoms with Crippen molar-refractivity contribution in [2.75, 3.05) is 11.9 Å². The molecule has 2 aliphatic heterocycles. The third-order valence-corrected chi connectivity index (χ3v) is 5.87. The highest BCUT2D eigenvalue weighted by molar-refractivity contribution is 5.87. The molecule has 0 unspecified atom stereocenters. The molecule has 4 heteroatoms. The summed E-state index contributed by atoms with van der Waals surface area (Å²) in [5, 5.41) is 12.6. The van der Waals surface area contributed by atoms with E-state index in [1.165, 1.54) is 24.1 Å². The number of fused-ring (bicyclic) bond motifs is 2. The normalized spacial score (nSPS) is 26.8. The van der Waals surface area contributed by atoms with E-state index >= 15 is 0 Å². The van der Waals surface area contributed by atoms with Crippen LogP contribution < -0.4 is 5.32 Å². The number of aryl methyl sites for hydroxylation is 1. The first-order chi connectivity index (χ1) is 12.7. The van der Waals surface area contributed by atoms with Crippen molar-refractivity contribution in [3.63, 3.8) is 0 Å². The Morgan fingerprint density at radius 3 is 2.38 bits per heavy atom. The molecule has 0 radical (unpaired) electrons. The van der Waals surface area contributed by atoms with Crippen molar-refractivity contribution in [2.45, 2.75) is 37.9 Å². The number of benzene rings is 2. The van der Waals surface area contributed by atoms with Gasteiger partial charge in [0.2, 0.25) is 0 Å². The van der Waals surface area contributed by atoms with Crippen LogP contribution in [0.4, 0.5) is 5.69 Å². The predicted octanol–water partition coefficient (Wildman–Crippen LogP) is 4.22. The molecule has 0 aromatic heterocycles. The van der Waals surface area contributed by atoms with E-state index < -0.39 is 5.97 Å². The van der Waals surface area contributed by atoms with Crippen molar-refractivity contribution >= 4 is 11.7 Å². The average molecular weight is 351 g/mol. The van der Waals surface area contributed by atoms with Crippen molar-refractivity contribution in [3.05, 3.63) is 65.7 Å². The Hall–Kier alpha value is -2.33. The van der Waals surface area contributed by atoms with Crippen molar-refractivity contribution < 1.29 is 14.6 Å². The summed E-state index contributed by atoms with van der Waals surface area (Å²) >= 11 is 0. The molecular weight excluding hydrogens is 326 g/mol. The summed E-state index contributed by atoms with van der Waals surface area (Å²) in [6, 6.07) is 17.6. The first-order valence-corrected chi connectivity index (χ1v) is 9.47. The van der Waals surface area contributed by atoms with Crippen molar-refractivity contribution in [3.8, 4) is 0 Å². The summed E-state index contributed by atoms with van der Waals surface area (Å²) in [7, 11) is 0.